The van der Waals surface area contributed by atoms with Crippen LogP contribution in [0.3, 0.4) is 0 Å². The average molecular weight is 320 g/mol. The van der Waals surface area contributed by atoms with Gasteiger partial charge in [-0.05, 0) is 29.3 Å². The van der Waals surface area contributed by atoms with Crippen molar-refractivity contribution in [2.75, 3.05) is 0 Å². The summed E-state index contributed by atoms with van der Waals surface area (Å²) >= 11 is 0. The van der Waals surface area contributed by atoms with E-state index in [1.165, 1.54) is 12.1 Å². The van der Waals surface area contributed by atoms with Gasteiger partial charge in [-0.3, -0.25) is 0 Å². The fourth-order valence-electron chi connectivity index (χ4n) is 1.47. The van der Waals surface area contributed by atoms with Crippen molar-refractivity contribution in [2.24, 2.45) is 0 Å². The Labute approximate surface area is 125 Å². The number of aliphatic hydroxyl groups is 1. The Morgan fingerprint density at radius 2 is 1.57 bits per heavy atom. The van der Waals surface area contributed by atoms with Crippen molar-refractivity contribution in [3.05, 3.63) is 35.4 Å². The number of benzene rings is 1. The van der Waals surface area contributed by atoms with Crippen LogP contribution in [-0.2, 0) is 11.0 Å². The molecule has 0 aliphatic heterocycles. The number of aliphatic hydroxyl groups excluding tert-OH is 1. The standard InChI is InChI=1S/C15H23F3O2Si/c1-14(2,3)21(4,5)20-10-11-6-8-12(9-7-11)13(19)15(16,17)18/h6-9,13,19H,10H2,1-5H3. The van der Waals surface area contributed by atoms with E-state index in [2.05, 4.69) is 33.9 Å². The zero-order valence-corrected chi connectivity index (χ0v) is 14.1. The molecule has 0 fully saturated rings. The van der Waals surface area contributed by atoms with Gasteiger partial charge in [-0.25, -0.2) is 0 Å². The molecule has 1 N–H and O–H groups in total. The summed E-state index contributed by atoms with van der Waals surface area (Å²) in [6, 6.07) is 5.72. The van der Waals surface area contributed by atoms with Crippen LogP contribution in [-0.4, -0.2) is 19.6 Å². The third kappa shape index (κ3) is 4.83. The molecule has 1 atom stereocenters. The molecular formula is C15H23F3O2Si. The minimum absolute atomic E-state index is 0.0828. The van der Waals surface area contributed by atoms with E-state index in [0.717, 1.165) is 5.56 Å². The molecule has 0 heterocycles. The maximum atomic E-state index is 12.4. The van der Waals surface area contributed by atoms with E-state index in [-0.39, 0.29) is 10.6 Å². The van der Waals surface area contributed by atoms with Crippen LogP contribution in [0.5, 0.6) is 0 Å². The molecule has 0 saturated heterocycles. The largest absolute Gasteiger partial charge is 0.418 e. The predicted octanol–water partition coefficient (Wildman–Crippen LogP) is 4.80. The highest BCUT2D eigenvalue weighted by Gasteiger charge is 2.39. The molecule has 0 spiro atoms. The van der Waals surface area contributed by atoms with Gasteiger partial charge in [-0.2, -0.15) is 13.2 Å². The molecule has 0 radical (unpaired) electrons. The number of hydrogen-bond donors (Lipinski definition) is 1. The molecule has 21 heavy (non-hydrogen) atoms. The Kier molecular flexibility index (Phi) is 5.29. The third-order valence-electron chi connectivity index (χ3n) is 4.01. The highest BCUT2D eigenvalue weighted by molar-refractivity contribution is 6.74. The Hall–Kier alpha value is -0.853. The van der Waals surface area contributed by atoms with E-state index in [9.17, 15) is 13.2 Å². The lowest BCUT2D eigenvalue weighted by Gasteiger charge is -2.36. The van der Waals surface area contributed by atoms with Gasteiger partial charge in [0, 0.05) is 0 Å². The quantitative estimate of drug-likeness (QED) is 0.807. The molecule has 1 rings (SSSR count). The van der Waals surface area contributed by atoms with E-state index in [1.807, 2.05) is 0 Å². The Morgan fingerprint density at radius 3 is 1.95 bits per heavy atom. The van der Waals surface area contributed by atoms with E-state index >= 15 is 0 Å². The highest BCUT2D eigenvalue weighted by atomic mass is 28.4. The summed E-state index contributed by atoms with van der Waals surface area (Å²) in [5.41, 5.74) is 0.650. The van der Waals surface area contributed by atoms with Gasteiger partial charge in [0.05, 0.1) is 6.61 Å². The average Bonchev–Trinajstić information content (AvgIpc) is 2.34. The summed E-state index contributed by atoms with van der Waals surface area (Å²) in [4.78, 5) is 0. The smallest absolute Gasteiger partial charge is 0.413 e. The highest BCUT2D eigenvalue weighted by Crippen LogP contribution is 2.37. The van der Waals surface area contributed by atoms with Crippen LogP contribution in [0.25, 0.3) is 0 Å². The Bertz CT molecular complexity index is 461. The van der Waals surface area contributed by atoms with Crippen molar-refractivity contribution in [3.63, 3.8) is 0 Å². The van der Waals surface area contributed by atoms with Gasteiger partial charge in [-0.15, -0.1) is 0 Å². The minimum Gasteiger partial charge on any atom is -0.413 e. The Morgan fingerprint density at radius 1 is 1.10 bits per heavy atom. The van der Waals surface area contributed by atoms with Crippen LogP contribution in [0.2, 0.25) is 18.1 Å². The van der Waals surface area contributed by atoms with Gasteiger partial charge in [-0.1, -0.05) is 45.0 Å². The van der Waals surface area contributed by atoms with Gasteiger partial charge >= 0.3 is 6.18 Å². The lowest BCUT2D eigenvalue weighted by molar-refractivity contribution is -0.206. The van der Waals surface area contributed by atoms with Crippen molar-refractivity contribution in [2.45, 2.75) is 57.8 Å². The number of alkyl halides is 3. The maximum absolute atomic E-state index is 12.4. The van der Waals surface area contributed by atoms with Crippen molar-refractivity contribution >= 4 is 8.32 Å². The predicted molar refractivity (Wildman–Crippen MR) is 79.4 cm³/mol. The molecule has 1 aromatic rings. The monoisotopic (exact) mass is 320 g/mol. The van der Waals surface area contributed by atoms with Crippen molar-refractivity contribution in [1.82, 2.24) is 0 Å². The molecule has 0 saturated carbocycles. The third-order valence-corrected chi connectivity index (χ3v) is 8.49. The normalized spacial score (nSPS) is 15.1. The van der Waals surface area contributed by atoms with E-state index in [4.69, 9.17) is 9.53 Å². The van der Waals surface area contributed by atoms with Crippen LogP contribution >= 0.6 is 0 Å². The SMILES string of the molecule is CC(C)(C)[Si](C)(C)OCc1ccc(C(O)C(F)(F)F)cc1. The van der Waals surface area contributed by atoms with Gasteiger partial charge < -0.3 is 9.53 Å². The molecule has 0 bridgehead atoms. The molecule has 120 valence electrons. The molecule has 2 nitrogen and oxygen atoms in total. The van der Waals surface area contributed by atoms with Gasteiger partial charge in [0.15, 0.2) is 14.4 Å². The first-order chi connectivity index (χ1) is 9.34. The number of rotatable bonds is 4. The summed E-state index contributed by atoms with van der Waals surface area (Å²) in [6.45, 7) is 11.0. The fraction of sp³-hybridized carbons (Fsp3) is 0.600. The molecule has 6 heteroatoms. The molecule has 0 aliphatic rings. The van der Waals surface area contributed by atoms with Gasteiger partial charge in [0.2, 0.25) is 0 Å². The molecular weight excluding hydrogens is 297 g/mol. The zero-order valence-electron chi connectivity index (χ0n) is 13.1. The van der Waals surface area contributed by atoms with Gasteiger partial charge in [0.25, 0.3) is 0 Å². The summed E-state index contributed by atoms with van der Waals surface area (Å²) < 4.78 is 43.2. The Balaban J connectivity index is 2.73. The van der Waals surface area contributed by atoms with E-state index in [1.54, 1.807) is 12.1 Å². The topological polar surface area (TPSA) is 29.5 Å². The lowest BCUT2D eigenvalue weighted by Crippen LogP contribution is -2.40. The summed E-state index contributed by atoms with van der Waals surface area (Å²) in [7, 11) is -1.88. The fourth-order valence-corrected chi connectivity index (χ4v) is 2.43. The first kappa shape index (κ1) is 18.2. The van der Waals surface area contributed by atoms with E-state index in [0.29, 0.717) is 6.61 Å². The molecule has 1 aromatic carbocycles. The second-order valence-corrected chi connectivity index (χ2v) is 11.5. The molecule has 1 unspecified atom stereocenters. The molecule has 0 aromatic heterocycles. The minimum atomic E-state index is -4.64. The number of halogens is 3. The number of hydrogen-bond acceptors (Lipinski definition) is 2. The molecule has 0 amide bonds. The second kappa shape index (κ2) is 6.10. The van der Waals surface area contributed by atoms with Crippen molar-refractivity contribution < 1.29 is 22.7 Å². The first-order valence-corrected chi connectivity index (χ1v) is 9.73. The van der Waals surface area contributed by atoms with Crippen LogP contribution in [0.1, 0.15) is 38.0 Å². The summed E-state index contributed by atoms with van der Waals surface area (Å²) in [5, 5.41) is 9.25. The first-order valence-electron chi connectivity index (χ1n) is 6.82. The van der Waals surface area contributed by atoms with Crippen LogP contribution in [0.4, 0.5) is 13.2 Å². The van der Waals surface area contributed by atoms with E-state index < -0.39 is 20.6 Å². The summed E-state index contributed by atoms with van der Waals surface area (Å²) in [5.74, 6) is 0. The van der Waals surface area contributed by atoms with Crippen molar-refractivity contribution in [1.29, 1.82) is 0 Å². The van der Waals surface area contributed by atoms with Crippen LogP contribution in [0, 0.1) is 0 Å². The summed E-state index contributed by atoms with van der Waals surface area (Å²) in [6.07, 6.45) is -7.08. The molecule has 0 aliphatic carbocycles. The van der Waals surface area contributed by atoms with Crippen LogP contribution in [0.15, 0.2) is 24.3 Å². The van der Waals surface area contributed by atoms with Crippen LogP contribution < -0.4 is 0 Å². The van der Waals surface area contributed by atoms with Crippen molar-refractivity contribution in [3.8, 4) is 0 Å². The second-order valence-electron chi connectivity index (χ2n) is 6.73. The zero-order chi connectivity index (χ0) is 16.5. The lowest BCUT2D eigenvalue weighted by atomic mass is 10.1. The van der Waals surface area contributed by atoms with Gasteiger partial charge in [0.1, 0.15) is 0 Å². The maximum Gasteiger partial charge on any atom is 0.418 e.